The van der Waals surface area contributed by atoms with Crippen molar-refractivity contribution in [3.05, 3.63) is 59.3 Å². The highest BCUT2D eigenvalue weighted by atomic mass is 79.9. The highest BCUT2D eigenvalue weighted by molar-refractivity contribution is 9.10. The summed E-state index contributed by atoms with van der Waals surface area (Å²) in [7, 11) is 0. The van der Waals surface area contributed by atoms with Crippen LogP contribution in [0.1, 0.15) is 0 Å². The summed E-state index contributed by atoms with van der Waals surface area (Å²) in [5, 5.41) is 2.32. The summed E-state index contributed by atoms with van der Waals surface area (Å²) < 4.78 is 0.940. The fourth-order valence-corrected chi connectivity index (χ4v) is 3.57. The zero-order valence-corrected chi connectivity index (χ0v) is 13.3. The number of hydrogen-bond acceptors (Lipinski definition) is 3. The molecule has 0 saturated heterocycles. The molecule has 0 aliphatic carbocycles. The molecule has 0 fully saturated rings. The van der Waals surface area contributed by atoms with E-state index >= 15 is 0 Å². The Morgan fingerprint density at radius 3 is 2.86 bits per heavy atom. The minimum absolute atomic E-state index is 0.894. The van der Waals surface area contributed by atoms with Crippen molar-refractivity contribution in [1.82, 2.24) is 15.0 Å². The van der Waals surface area contributed by atoms with Crippen LogP contribution in [0.2, 0.25) is 0 Å². The SMILES string of the molecule is Brc1cnc2c(Sc3cc4ccccc4[nH]3)ccnc2c1. The maximum absolute atomic E-state index is 4.49. The Bertz CT molecular complexity index is 915. The summed E-state index contributed by atoms with van der Waals surface area (Å²) >= 11 is 5.11. The number of para-hydroxylation sites is 1. The second-order valence-corrected chi connectivity index (χ2v) is 6.65. The van der Waals surface area contributed by atoms with Crippen LogP contribution in [-0.2, 0) is 0 Å². The van der Waals surface area contributed by atoms with Crippen molar-refractivity contribution in [3.63, 3.8) is 0 Å². The second kappa shape index (κ2) is 5.16. The first-order valence-corrected chi connectivity index (χ1v) is 8.06. The van der Waals surface area contributed by atoms with Crippen molar-refractivity contribution in [2.24, 2.45) is 0 Å². The molecule has 0 aliphatic heterocycles. The van der Waals surface area contributed by atoms with Crippen LogP contribution in [0.15, 0.2) is 69.3 Å². The number of halogens is 1. The first-order valence-electron chi connectivity index (χ1n) is 6.45. The van der Waals surface area contributed by atoms with E-state index in [0.717, 1.165) is 30.9 Å². The van der Waals surface area contributed by atoms with Gasteiger partial charge in [-0.05, 0) is 40.2 Å². The number of fused-ring (bicyclic) bond motifs is 2. The van der Waals surface area contributed by atoms with Gasteiger partial charge in [0.1, 0.15) is 5.52 Å². The predicted molar refractivity (Wildman–Crippen MR) is 89.7 cm³/mol. The molecule has 3 heterocycles. The van der Waals surface area contributed by atoms with Gasteiger partial charge in [-0.2, -0.15) is 0 Å². The fraction of sp³-hybridized carbons (Fsp3) is 0. The molecule has 0 radical (unpaired) electrons. The summed E-state index contributed by atoms with van der Waals surface area (Å²) in [6.07, 6.45) is 3.63. The summed E-state index contributed by atoms with van der Waals surface area (Å²) in [6, 6.07) is 14.4. The van der Waals surface area contributed by atoms with E-state index in [-0.39, 0.29) is 0 Å². The van der Waals surface area contributed by atoms with Crippen molar-refractivity contribution in [2.45, 2.75) is 9.92 Å². The van der Waals surface area contributed by atoms with E-state index in [0.29, 0.717) is 0 Å². The van der Waals surface area contributed by atoms with Crippen LogP contribution in [0.4, 0.5) is 0 Å². The van der Waals surface area contributed by atoms with Gasteiger partial charge in [0.15, 0.2) is 0 Å². The molecule has 1 aromatic carbocycles. The first-order chi connectivity index (χ1) is 10.3. The normalized spacial score (nSPS) is 11.3. The molecule has 102 valence electrons. The zero-order chi connectivity index (χ0) is 14.2. The standard InChI is InChI=1S/C16H10BrN3S/c17-11-8-13-16(19-9-11)14(5-6-18-13)21-15-7-10-3-1-2-4-12(10)20-15/h1-9,20H. The Hall–Kier alpha value is -1.85. The second-order valence-electron chi connectivity index (χ2n) is 4.65. The van der Waals surface area contributed by atoms with Crippen molar-refractivity contribution in [1.29, 1.82) is 0 Å². The van der Waals surface area contributed by atoms with E-state index in [1.165, 1.54) is 5.39 Å². The molecule has 1 N–H and O–H groups in total. The van der Waals surface area contributed by atoms with Crippen LogP contribution in [0, 0.1) is 0 Å². The number of H-pyrrole nitrogens is 1. The van der Waals surface area contributed by atoms with E-state index in [4.69, 9.17) is 0 Å². The van der Waals surface area contributed by atoms with Crippen LogP contribution in [0.5, 0.6) is 0 Å². The maximum atomic E-state index is 4.49. The molecule has 21 heavy (non-hydrogen) atoms. The van der Waals surface area contributed by atoms with Crippen molar-refractivity contribution in [3.8, 4) is 0 Å². The Morgan fingerprint density at radius 2 is 1.95 bits per heavy atom. The molecule has 3 aromatic heterocycles. The third kappa shape index (κ3) is 2.43. The number of nitrogens with one attached hydrogen (secondary N) is 1. The lowest BCUT2D eigenvalue weighted by atomic mass is 10.3. The minimum atomic E-state index is 0.894. The largest absolute Gasteiger partial charge is 0.349 e. The molecular formula is C16H10BrN3S. The Kier molecular flexibility index (Phi) is 3.16. The van der Waals surface area contributed by atoms with Gasteiger partial charge < -0.3 is 4.98 Å². The summed E-state index contributed by atoms with van der Waals surface area (Å²) in [5.74, 6) is 0. The average Bonchev–Trinajstić information content (AvgIpc) is 2.89. The molecule has 0 unspecified atom stereocenters. The molecule has 0 spiro atoms. The number of hydrogen-bond donors (Lipinski definition) is 1. The summed E-state index contributed by atoms with van der Waals surface area (Å²) in [4.78, 5) is 13.4. The van der Waals surface area contributed by atoms with Crippen LogP contribution in [0.25, 0.3) is 21.9 Å². The molecule has 5 heteroatoms. The lowest BCUT2D eigenvalue weighted by molar-refractivity contribution is 1.22. The number of nitrogens with zero attached hydrogens (tertiary/aromatic N) is 2. The van der Waals surface area contributed by atoms with Gasteiger partial charge in [0.2, 0.25) is 0 Å². The number of pyridine rings is 2. The van der Waals surface area contributed by atoms with E-state index in [1.54, 1.807) is 18.0 Å². The maximum Gasteiger partial charge on any atom is 0.103 e. The van der Waals surface area contributed by atoms with Crippen LogP contribution in [-0.4, -0.2) is 15.0 Å². The van der Waals surface area contributed by atoms with Gasteiger partial charge in [-0.15, -0.1) is 0 Å². The average molecular weight is 356 g/mol. The summed E-state index contributed by atoms with van der Waals surface area (Å²) in [6.45, 7) is 0. The molecule has 0 saturated carbocycles. The van der Waals surface area contributed by atoms with Crippen LogP contribution >= 0.6 is 27.7 Å². The molecule has 0 amide bonds. The van der Waals surface area contributed by atoms with E-state index in [2.05, 4.69) is 49.1 Å². The number of benzene rings is 1. The van der Waals surface area contributed by atoms with Gasteiger partial charge in [-0.1, -0.05) is 30.0 Å². The highest BCUT2D eigenvalue weighted by Gasteiger charge is 2.08. The molecule has 3 nitrogen and oxygen atoms in total. The molecule has 4 aromatic rings. The highest BCUT2D eigenvalue weighted by Crippen LogP contribution is 2.33. The zero-order valence-electron chi connectivity index (χ0n) is 10.9. The summed E-state index contributed by atoms with van der Waals surface area (Å²) in [5.41, 5.74) is 2.96. The number of aromatic nitrogens is 3. The smallest absolute Gasteiger partial charge is 0.103 e. The molecular weight excluding hydrogens is 346 g/mol. The minimum Gasteiger partial charge on any atom is -0.349 e. The van der Waals surface area contributed by atoms with Gasteiger partial charge in [0.25, 0.3) is 0 Å². The molecule has 4 rings (SSSR count). The molecule has 0 bridgehead atoms. The third-order valence-corrected chi connectivity index (χ3v) is 4.66. The van der Waals surface area contributed by atoms with Crippen LogP contribution in [0.3, 0.4) is 0 Å². The van der Waals surface area contributed by atoms with E-state index in [1.807, 2.05) is 30.5 Å². The predicted octanol–water partition coefficient (Wildman–Crippen LogP) is 5.02. The number of rotatable bonds is 2. The lowest BCUT2D eigenvalue weighted by Crippen LogP contribution is -1.86. The lowest BCUT2D eigenvalue weighted by Gasteiger charge is -2.03. The fourth-order valence-electron chi connectivity index (χ4n) is 2.28. The van der Waals surface area contributed by atoms with E-state index < -0.39 is 0 Å². The third-order valence-electron chi connectivity index (χ3n) is 3.23. The van der Waals surface area contributed by atoms with Crippen LogP contribution < -0.4 is 0 Å². The Balaban J connectivity index is 1.80. The first kappa shape index (κ1) is 12.9. The van der Waals surface area contributed by atoms with Gasteiger partial charge in [-0.3, -0.25) is 9.97 Å². The van der Waals surface area contributed by atoms with Crippen molar-refractivity contribution in [2.75, 3.05) is 0 Å². The van der Waals surface area contributed by atoms with Gasteiger partial charge in [0, 0.05) is 32.7 Å². The van der Waals surface area contributed by atoms with Gasteiger partial charge in [0.05, 0.1) is 10.5 Å². The van der Waals surface area contributed by atoms with E-state index in [9.17, 15) is 0 Å². The van der Waals surface area contributed by atoms with Gasteiger partial charge in [-0.25, -0.2) is 0 Å². The number of aromatic amines is 1. The topological polar surface area (TPSA) is 41.6 Å². The quantitative estimate of drug-likeness (QED) is 0.548. The van der Waals surface area contributed by atoms with Crippen molar-refractivity contribution < 1.29 is 0 Å². The Labute approximate surface area is 133 Å². The van der Waals surface area contributed by atoms with Gasteiger partial charge >= 0.3 is 0 Å². The van der Waals surface area contributed by atoms with Crippen molar-refractivity contribution >= 4 is 49.6 Å². The molecule has 0 aliphatic rings. The molecule has 0 atom stereocenters. The Morgan fingerprint density at radius 1 is 1.05 bits per heavy atom. The monoisotopic (exact) mass is 355 g/mol.